The quantitative estimate of drug-likeness (QED) is 0.321. The molecule has 0 saturated carbocycles. The van der Waals surface area contributed by atoms with Crippen LogP contribution in [0.5, 0.6) is 0 Å². The lowest BCUT2D eigenvalue weighted by atomic mass is 9.96. The summed E-state index contributed by atoms with van der Waals surface area (Å²) in [4.78, 5) is 0. The van der Waals surface area contributed by atoms with Gasteiger partial charge in [-0.05, 0) is 60.4 Å². The maximum atomic E-state index is 4.81. The summed E-state index contributed by atoms with van der Waals surface area (Å²) in [7, 11) is 0. The molecule has 0 aliphatic carbocycles. The summed E-state index contributed by atoms with van der Waals surface area (Å²) in [6.45, 7) is 4.24. The molecule has 4 aromatic rings. The third-order valence-electron chi connectivity index (χ3n) is 5.29. The van der Waals surface area contributed by atoms with Gasteiger partial charge in [-0.25, -0.2) is 5.32 Å². The normalized spacial score (nSPS) is 11.6. The highest BCUT2D eigenvalue weighted by atomic mass is 14.9. The van der Waals surface area contributed by atoms with Gasteiger partial charge in [0.2, 0.25) is 0 Å². The number of nitrogens with zero attached hydrogens (tertiary/aromatic N) is 1. The first kappa shape index (κ1) is 15.9. The van der Waals surface area contributed by atoms with Crippen molar-refractivity contribution in [3.05, 3.63) is 96.1 Å². The summed E-state index contributed by atoms with van der Waals surface area (Å²) in [5, 5.41) is 4.81. The second-order valence-electron chi connectivity index (χ2n) is 7.31. The maximum absolute atomic E-state index is 4.81. The van der Waals surface area contributed by atoms with E-state index in [2.05, 4.69) is 98.8 Å². The van der Waals surface area contributed by atoms with Crippen molar-refractivity contribution in [1.82, 2.24) is 5.32 Å². The predicted octanol–water partition coefficient (Wildman–Crippen LogP) is 7.19. The first-order chi connectivity index (χ1) is 13.2. The average Bonchev–Trinajstić information content (AvgIpc) is 3.06. The Balaban J connectivity index is 1.59. The molecule has 27 heavy (non-hydrogen) atoms. The summed E-state index contributed by atoms with van der Waals surface area (Å²) in [6.07, 6.45) is 0. The van der Waals surface area contributed by atoms with Crippen molar-refractivity contribution in [2.45, 2.75) is 13.8 Å². The van der Waals surface area contributed by atoms with Crippen LogP contribution < -0.4 is 5.32 Å². The molecule has 0 atom stereocenters. The second kappa shape index (κ2) is 6.14. The number of benzene rings is 4. The van der Waals surface area contributed by atoms with E-state index in [0.717, 1.165) is 11.4 Å². The Bertz CT molecular complexity index is 1040. The Morgan fingerprint density at radius 3 is 1.22 bits per heavy atom. The molecule has 1 heteroatoms. The van der Waals surface area contributed by atoms with Crippen LogP contribution in [0, 0.1) is 13.8 Å². The second-order valence-corrected chi connectivity index (χ2v) is 7.31. The standard InChI is InChI=1S/C26H20N/c1-17-3-7-19(8-4-17)21-11-13-25-23(15-21)24-16-22(12-14-26(24)27-25)20-9-5-18(2)6-10-20/h3-16H,1-2H3. The van der Waals surface area contributed by atoms with Gasteiger partial charge >= 0.3 is 0 Å². The molecule has 1 heterocycles. The zero-order valence-corrected chi connectivity index (χ0v) is 15.5. The van der Waals surface area contributed by atoms with Gasteiger partial charge in [0.15, 0.2) is 0 Å². The van der Waals surface area contributed by atoms with Crippen molar-refractivity contribution >= 4 is 11.4 Å². The number of hydrogen-bond donors (Lipinski definition) is 0. The SMILES string of the molecule is Cc1ccc(-c2ccc3c(c2)-c2cc(-c4ccc(C)cc4)ccc2[N]3)cc1. The van der Waals surface area contributed by atoms with E-state index in [9.17, 15) is 0 Å². The number of aryl methyl sites for hydroxylation is 2. The molecule has 129 valence electrons. The molecule has 0 fully saturated rings. The molecule has 1 aliphatic heterocycles. The van der Waals surface area contributed by atoms with E-state index in [1.807, 2.05) is 0 Å². The van der Waals surface area contributed by atoms with Gasteiger partial charge in [-0.3, -0.25) is 0 Å². The van der Waals surface area contributed by atoms with Crippen molar-refractivity contribution in [1.29, 1.82) is 0 Å². The molecule has 4 aromatic carbocycles. The van der Waals surface area contributed by atoms with Crippen molar-refractivity contribution in [3.8, 4) is 33.4 Å². The van der Waals surface area contributed by atoms with E-state index in [4.69, 9.17) is 5.32 Å². The van der Waals surface area contributed by atoms with Gasteiger partial charge in [0.1, 0.15) is 0 Å². The van der Waals surface area contributed by atoms with Gasteiger partial charge in [-0.1, -0.05) is 71.8 Å². The van der Waals surface area contributed by atoms with Crippen LogP contribution in [-0.2, 0) is 0 Å². The van der Waals surface area contributed by atoms with Crippen LogP contribution in [0.25, 0.3) is 33.4 Å². The summed E-state index contributed by atoms with van der Waals surface area (Å²) in [6, 6.07) is 30.5. The van der Waals surface area contributed by atoms with E-state index in [1.165, 1.54) is 44.5 Å². The number of hydrogen-bond acceptors (Lipinski definition) is 0. The summed E-state index contributed by atoms with van der Waals surface area (Å²) >= 11 is 0. The summed E-state index contributed by atoms with van der Waals surface area (Å²) in [5.41, 5.74) is 12.1. The zero-order chi connectivity index (χ0) is 18.4. The topological polar surface area (TPSA) is 14.1 Å². The molecule has 0 aromatic heterocycles. The largest absolute Gasteiger partial charge is 0.248 e. The molecule has 0 saturated heterocycles. The third kappa shape index (κ3) is 2.82. The Morgan fingerprint density at radius 2 is 0.815 bits per heavy atom. The first-order valence-electron chi connectivity index (χ1n) is 9.32. The maximum Gasteiger partial charge on any atom is 0.0716 e. The van der Waals surface area contributed by atoms with E-state index in [0.29, 0.717) is 0 Å². The van der Waals surface area contributed by atoms with E-state index in [-0.39, 0.29) is 0 Å². The monoisotopic (exact) mass is 346 g/mol. The van der Waals surface area contributed by atoms with Crippen LogP contribution in [0.3, 0.4) is 0 Å². The van der Waals surface area contributed by atoms with E-state index >= 15 is 0 Å². The molecular weight excluding hydrogens is 326 g/mol. The minimum absolute atomic E-state index is 1.06. The molecule has 0 spiro atoms. The fourth-order valence-electron chi connectivity index (χ4n) is 3.68. The molecule has 0 bridgehead atoms. The fourth-order valence-corrected chi connectivity index (χ4v) is 3.68. The molecular formula is C26H20N. The van der Waals surface area contributed by atoms with Crippen molar-refractivity contribution in [2.24, 2.45) is 0 Å². The van der Waals surface area contributed by atoms with Gasteiger partial charge < -0.3 is 0 Å². The summed E-state index contributed by atoms with van der Waals surface area (Å²) < 4.78 is 0. The Labute approximate surface area is 160 Å². The molecule has 0 amide bonds. The van der Waals surface area contributed by atoms with Crippen LogP contribution in [-0.4, -0.2) is 0 Å². The highest BCUT2D eigenvalue weighted by Crippen LogP contribution is 2.45. The van der Waals surface area contributed by atoms with Crippen LogP contribution in [0.1, 0.15) is 11.1 Å². The third-order valence-corrected chi connectivity index (χ3v) is 5.29. The molecule has 5 rings (SSSR count). The first-order valence-corrected chi connectivity index (χ1v) is 9.32. The lowest BCUT2D eigenvalue weighted by molar-refractivity contribution is 1.24. The highest BCUT2D eigenvalue weighted by Gasteiger charge is 2.21. The van der Waals surface area contributed by atoms with Gasteiger partial charge in [0.05, 0.1) is 11.4 Å². The van der Waals surface area contributed by atoms with E-state index in [1.54, 1.807) is 0 Å². The van der Waals surface area contributed by atoms with Crippen LogP contribution in [0.2, 0.25) is 0 Å². The molecule has 0 N–H and O–H groups in total. The predicted molar refractivity (Wildman–Crippen MR) is 114 cm³/mol. The highest BCUT2D eigenvalue weighted by molar-refractivity contribution is 5.94. The van der Waals surface area contributed by atoms with Crippen molar-refractivity contribution in [3.63, 3.8) is 0 Å². The fraction of sp³-hybridized carbons (Fsp3) is 0.0769. The number of rotatable bonds is 2. The van der Waals surface area contributed by atoms with Crippen LogP contribution in [0.15, 0.2) is 84.9 Å². The molecule has 1 aliphatic rings. The van der Waals surface area contributed by atoms with Gasteiger partial charge in [0, 0.05) is 11.1 Å². The minimum Gasteiger partial charge on any atom is -0.248 e. The minimum atomic E-state index is 1.06. The lowest BCUT2D eigenvalue weighted by Crippen LogP contribution is -1.83. The van der Waals surface area contributed by atoms with Gasteiger partial charge in [-0.15, -0.1) is 0 Å². The molecule has 1 radical (unpaired) electrons. The summed E-state index contributed by atoms with van der Waals surface area (Å²) in [5.74, 6) is 0. The Morgan fingerprint density at radius 1 is 0.444 bits per heavy atom. The Kier molecular flexibility index (Phi) is 3.61. The Hall–Kier alpha value is -3.32. The number of fused-ring (bicyclic) bond motifs is 3. The molecule has 0 unspecified atom stereocenters. The molecule has 1 nitrogen and oxygen atoms in total. The van der Waals surface area contributed by atoms with Crippen molar-refractivity contribution < 1.29 is 0 Å². The van der Waals surface area contributed by atoms with Gasteiger partial charge in [0.25, 0.3) is 0 Å². The zero-order valence-electron chi connectivity index (χ0n) is 15.5. The smallest absolute Gasteiger partial charge is 0.0716 e. The van der Waals surface area contributed by atoms with Crippen LogP contribution >= 0.6 is 0 Å². The van der Waals surface area contributed by atoms with Crippen molar-refractivity contribution in [2.75, 3.05) is 0 Å². The average molecular weight is 346 g/mol. The van der Waals surface area contributed by atoms with Gasteiger partial charge in [-0.2, -0.15) is 0 Å². The van der Waals surface area contributed by atoms with Crippen LogP contribution in [0.4, 0.5) is 11.4 Å². The lowest BCUT2D eigenvalue weighted by Gasteiger charge is -2.07. The van der Waals surface area contributed by atoms with E-state index < -0.39 is 0 Å².